The highest BCUT2D eigenvalue weighted by molar-refractivity contribution is 7.75. The maximum atomic E-state index is 10.7. The van der Waals surface area contributed by atoms with Crippen LogP contribution in [0, 0.1) is 0 Å². The van der Waals surface area contributed by atoms with E-state index in [0.29, 0.717) is 5.06 Å². The van der Waals surface area contributed by atoms with E-state index in [4.69, 9.17) is 4.18 Å². The Balaban J connectivity index is 2.43. The van der Waals surface area contributed by atoms with Crippen LogP contribution in [0.3, 0.4) is 0 Å². The molecule has 1 rings (SSSR count). The SMILES string of the molecule is C=COS(=O)Oc1cccs1. The third-order valence-electron chi connectivity index (χ3n) is 0.792. The Labute approximate surface area is 71.1 Å². The van der Waals surface area contributed by atoms with Gasteiger partial charge in [0.25, 0.3) is 0 Å². The van der Waals surface area contributed by atoms with Gasteiger partial charge in [-0.25, -0.2) is 0 Å². The average molecular weight is 190 g/mol. The maximum absolute atomic E-state index is 10.7. The van der Waals surface area contributed by atoms with E-state index < -0.39 is 11.4 Å². The van der Waals surface area contributed by atoms with Gasteiger partial charge in [0.2, 0.25) is 0 Å². The number of rotatable bonds is 4. The molecule has 1 heterocycles. The fourth-order valence-electron chi connectivity index (χ4n) is 0.453. The van der Waals surface area contributed by atoms with Crippen molar-refractivity contribution in [3.05, 3.63) is 30.4 Å². The standard InChI is InChI=1S/C6H6O3S2/c1-2-8-11(7)9-6-4-3-5-10-6/h2-5H,1H2. The molecule has 0 saturated carbocycles. The van der Waals surface area contributed by atoms with Crippen molar-refractivity contribution in [1.29, 1.82) is 0 Å². The van der Waals surface area contributed by atoms with E-state index in [2.05, 4.69) is 10.8 Å². The third kappa shape index (κ3) is 2.73. The minimum absolute atomic E-state index is 0.560. The van der Waals surface area contributed by atoms with Crippen LogP contribution in [0.25, 0.3) is 0 Å². The zero-order valence-corrected chi connectivity index (χ0v) is 7.19. The normalized spacial score (nSPS) is 12.0. The molecule has 0 aliphatic rings. The van der Waals surface area contributed by atoms with E-state index in [0.717, 1.165) is 6.26 Å². The molecule has 0 aliphatic heterocycles. The first-order valence-electron chi connectivity index (χ1n) is 2.74. The summed E-state index contributed by atoms with van der Waals surface area (Å²) in [4.78, 5) is 0. The van der Waals surface area contributed by atoms with Gasteiger partial charge >= 0.3 is 11.4 Å². The molecule has 0 radical (unpaired) electrons. The van der Waals surface area contributed by atoms with Crippen LogP contribution >= 0.6 is 11.3 Å². The molecular weight excluding hydrogens is 184 g/mol. The molecule has 0 bridgehead atoms. The van der Waals surface area contributed by atoms with Gasteiger partial charge in [-0.3, -0.25) is 0 Å². The summed E-state index contributed by atoms with van der Waals surface area (Å²) in [7, 11) is 0. The van der Waals surface area contributed by atoms with Gasteiger partial charge in [-0.15, -0.1) is 11.3 Å². The molecule has 0 aromatic carbocycles. The summed E-state index contributed by atoms with van der Waals surface area (Å²) in [6, 6.07) is 3.50. The van der Waals surface area contributed by atoms with Gasteiger partial charge in [0, 0.05) is 0 Å². The minimum Gasteiger partial charge on any atom is -0.380 e. The summed E-state index contributed by atoms with van der Waals surface area (Å²) < 4.78 is 19.9. The smallest absolute Gasteiger partial charge is 0.380 e. The zero-order valence-electron chi connectivity index (χ0n) is 5.56. The van der Waals surface area contributed by atoms with Crippen LogP contribution in [0.2, 0.25) is 0 Å². The lowest BCUT2D eigenvalue weighted by molar-refractivity contribution is 0.429. The monoisotopic (exact) mass is 190 g/mol. The Bertz CT molecular complexity index is 242. The molecule has 0 N–H and O–H groups in total. The van der Waals surface area contributed by atoms with E-state index in [1.165, 1.54) is 11.3 Å². The fraction of sp³-hybridized carbons (Fsp3) is 0. The Morgan fingerprint density at radius 2 is 2.55 bits per heavy atom. The molecule has 0 fully saturated rings. The highest BCUT2D eigenvalue weighted by atomic mass is 32.2. The second kappa shape index (κ2) is 4.15. The average Bonchev–Trinajstić information content (AvgIpc) is 2.40. The van der Waals surface area contributed by atoms with Gasteiger partial charge in [-0.2, -0.15) is 4.21 Å². The Hall–Kier alpha value is -0.810. The largest absolute Gasteiger partial charge is 0.417 e. The van der Waals surface area contributed by atoms with Crippen molar-refractivity contribution in [2.75, 3.05) is 0 Å². The highest BCUT2D eigenvalue weighted by Gasteiger charge is 2.01. The molecule has 11 heavy (non-hydrogen) atoms. The molecular formula is C6H6O3S2. The number of hydrogen-bond donors (Lipinski definition) is 0. The van der Waals surface area contributed by atoms with Crippen LogP contribution < -0.4 is 4.18 Å². The molecule has 0 spiro atoms. The zero-order chi connectivity index (χ0) is 8.10. The van der Waals surface area contributed by atoms with Crippen LogP contribution in [-0.2, 0) is 15.5 Å². The molecule has 0 amide bonds. The van der Waals surface area contributed by atoms with Crippen molar-refractivity contribution in [3.8, 4) is 5.06 Å². The topological polar surface area (TPSA) is 35.5 Å². The van der Waals surface area contributed by atoms with Crippen LogP contribution in [-0.4, -0.2) is 4.21 Å². The second-order valence-corrected chi connectivity index (χ2v) is 3.16. The third-order valence-corrected chi connectivity index (χ3v) is 2.25. The summed E-state index contributed by atoms with van der Waals surface area (Å²) in [6.45, 7) is 3.24. The van der Waals surface area contributed by atoms with Gasteiger partial charge in [0.1, 0.15) is 6.26 Å². The maximum Gasteiger partial charge on any atom is 0.417 e. The van der Waals surface area contributed by atoms with Crippen molar-refractivity contribution in [2.45, 2.75) is 0 Å². The van der Waals surface area contributed by atoms with Gasteiger partial charge in [0.15, 0.2) is 5.06 Å². The van der Waals surface area contributed by atoms with Crippen molar-refractivity contribution in [2.24, 2.45) is 0 Å². The number of thiophene rings is 1. The lowest BCUT2D eigenvalue weighted by Crippen LogP contribution is -1.98. The van der Waals surface area contributed by atoms with Gasteiger partial charge in [-0.1, -0.05) is 6.58 Å². The molecule has 60 valence electrons. The predicted octanol–water partition coefficient (Wildman–Crippen LogP) is 1.87. The van der Waals surface area contributed by atoms with Crippen LogP contribution in [0.1, 0.15) is 0 Å². The van der Waals surface area contributed by atoms with E-state index in [1.807, 2.05) is 5.38 Å². The minimum atomic E-state index is -1.76. The van der Waals surface area contributed by atoms with Crippen molar-refractivity contribution >= 4 is 22.7 Å². The van der Waals surface area contributed by atoms with Gasteiger partial charge in [-0.05, 0) is 17.5 Å². The molecule has 0 aliphatic carbocycles. The van der Waals surface area contributed by atoms with Crippen molar-refractivity contribution in [3.63, 3.8) is 0 Å². The number of hydrogen-bond acceptors (Lipinski definition) is 4. The summed E-state index contributed by atoms with van der Waals surface area (Å²) in [5.74, 6) is 0. The fourth-order valence-corrected chi connectivity index (χ4v) is 1.57. The quantitative estimate of drug-likeness (QED) is 0.680. The Kier molecular flexibility index (Phi) is 3.13. The second-order valence-electron chi connectivity index (χ2n) is 1.48. The first kappa shape index (κ1) is 8.29. The lowest BCUT2D eigenvalue weighted by atomic mass is 10.7. The van der Waals surface area contributed by atoms with Crippen LogP contribution in [0.4, 0.5) is 0 Å². The molecule has 0 saturated heterocycles. The van der Waals surface area contributed by atoms with E-state index in [1.54, 1.807) is 12.1 Å². The first-order chi connectivity index (χ1) is 5.33. The Morgan fingerprint density at radius 3 is 3.09 bits per heavy atom. The van der Waals surface area contributed by atoms with Crippen molar-refractivity contribution in [1.82, 2.24) is 0 Å². The van der Waals surface area contributed by atoms with E-state index >= 15 is 0 Å². The first-order valence-corrected chi connectivity index (χ1v) is 4.62. The van der Waals surface area contributed by atoms with Gasteiger partial charge in [0.05, 0.1) is 0 Å². The summed E-state index contributed by atoms with van der Waals surface area (Å²) >= 11 is -0.410. The highest BCUT2D eigenvalue weighted by Crippen LogP contribution is 2.19. The predicted molar refractivity (Wildman–Crippen MR) is 44.4 cm³/mol. The Morgan fingerprint density at radius 1 is 1.73 bits per heavy atom. The molecule has 5 heteroatoms. The lowest BCUT2D eigenvalue weighted by Gasteiger charge is -1.97. The van der Waals surface area contributed by atoms with Crippen LogP contribution in [0.15, 0.2) is 30.4 Å². The summed E-state index contributed by atoms with van der Waals surface area (Å²) in [5, 5.41) is 2.38. The van der Waals surface area contributed by atoms with E-state index in [-0.39, 0.29) is 0 Å². The molecule has 3 nitrogen and oxygen atoms in total. The molecule has 1 atom stereocenters. The molecule has 1 aromatic rings. The van der Waals surface area contributed by atoms with Crippen LogP contribution in [0.5, 0.6) is 5.06 Å². The molecule has 1 aromatic heterocycles. The summed E-state index contributed by atoms with van der Waals surface area (Å²) in [6.07, 6.45) is 1.07. The summed E-state index contributed by atoms with van der Waals surface area (Å²) in [5.41, 5.74) is 0. The van der Waals surface area contributed by atoms with Gasteiger partial charge < -0.3 is 8.37 Å². The van der Waals surface area contributed by atoms with E-state index in [9.17, 15) is 4.21 Å². The van der Waals surface area contributed by atoms with Crippen molar-refractivity contribution < 1.29 is 12.6 Å². The molecule has 1 unspecified atom stereocenters.